The maximum Gasteiger partial charge on any atom is 0.407 e. The number of carbonyl (C=O) groups excluding carboxylic acids is 2. The molecule has 43 heavy (non-hydrogen) atoms. The fraction of sp³-hybridized carbons (Fsp3) is 0.394. The lowest BCUT2D eigenvalue weighted by Crippen LogP contribution is -2.41. The van der Waals surface area contributed by atoms with E-state index in [0.29, 0.717) is 60.0 Å². The summed E-state index contributed by atoms with van der Waals surface area (Å²) in [6, 6.07) is 18.6. The molecular formula is C33H40ClN5O4. The lowest BCUT2D eigenvalue weighted by Gasteiger charge is -2.33. The summed E-state index contributed by atoms with van der Waals surface area (Å²) in [6.45, 7) is 12.1. The molecule has 228 valence electrons. The van der Waals surface area contributed by atoms with Crippen molar-refractivity contribution in [3.8, 4) is 0 Å². The Kier molecular flexibility index (Phi) is 9.96. The number of fused-ring (bicyclic) bond motifs is 1. The highest BCUT2D eigenvalue weighted by atomic mass is 35.5. The van der Waals surface area contributed by atoms with Gasteiger partial charge < -0.3 is 15.0 Å². The first-order valence-corrected chi connectivity index (χ1v) is 14.9. The van der Waals surface area contributed by atoms with Crippen molar-refractivity contribution in [2.45, 2.75) is 72.6 Å². The van der Waals surface area contributed by atoms with E-state index in [-0.39, 0.29) is 11.6 Å². The van der Waals surface area contributed by atoms with Gasteiger partial charge in [-0.25, -0.2) is 9.59 Å². The van der Waals surface area contributed by atoms with Crippen LogP contribution < -0.4 is 11.0 Å². The van der Waals surface area contributed by atoms with E-state index in [4.69, 9.17) is 16.3 Å². The molecule has 2 aromatic carbocycles. The molecule has 0 aliphatic heterocycles. The van der Waals surface area contributed by atoms with Gasteiger partial charge in [-0.2, -0.15) is 9.61 Å². The number of rotatable bonds is 10. The van der Waals surface area contributed by atoms with Crippen LogP contribution >= 0.6 is 11.6 Å². The maximum atomic E-state index is 14.2. The molecule has 0 aliphatic carbocycles. The van der Waals surface area contributed by atoms with E-state index >= 15 is 0 Å². The Morgan fingerprint density at radius 1 is 1.07 bits per heavy atom. The van der Waals surface area contributed by atoms with E-state index in [0.717, 1.165) is 11.1 Å². The van der Waals surface area contributed by atoms with E-state index in [1.807, 2.05) is 68.4 Å². The number of carbonyl (C=O) groups is 2. The molecule has 10 heteroatoms. The van der Waals surface area contributed by atoms with Crippen LogP contribution in [0, 0.1) is 13.8 Å². The van der Waals surface area contributed by atoms with Crippen LogP contribution in [0.5, 0.6) is 0 Å². The van der Waals surface area contributed by atoms with Crippen molar-refractivity contribution >= 4 is 29.1 Å². The first kappa shape index (κ1) is 31.8. The van der Waals surface area contributed by atoms with Gasteiger partial charge in [-0.05, 0) is 71.2 Å². The Bertz CT molecular complexity index is 1660. The second-order valence-corrected chi connectivity index (χ2v) is 12.1. The fourth-order valence-electron chi connectivity index (χ4n) is 5.13. The van der Waals surface area contributed by atoms with E-state index in [1.54, 1.807) is 43.2 Å². The molecule has 2 aromatic heterocycles. The van der Waals surface area contributed by atoms with Crippen LogP contribution in [0.1, 0.15) is 79.5 Å². The number of benzene rings is 2. The Morgan fingerprint density at radius 2 is 1.79 bits per heavy atom. The standard InChI is InChI=1S/C33H40ClN5O4/c1-7-26(27-20-28-29(34)23(3)36-39(28)32(42)38(27)21-24-14-9-8-10-15-24)37(30(40)25-16-11-13-22(2)19-25)18-12-17-35-31(41)43-33(4,5)6/h8-11,13-16,19-20,26H,7,12,17-18,21H2,1-6H3,(H,35,41). The Morgan fingerprint density at radius 3 is 2.44 bits per heavy atom. The molecule has 0 saturated heterocycles. The highest BCUT2D eigenvalue weighted by molar-refractivity contribution is 6.34. The molecule has 1 N–H and O–H groups in total. The van der Waals surface area contributed by atoms with E-state index < -0.39 is 17.7 Å². The van der Waals surface area contributed by atoms with Crippen molar-refractivity contribution in [1.82, 2.24) is 24.4 Å². The quantitative estimate of drug-likeness (QED) is 0.213. The monoisotopic (exact) mass is 605 g/mol. The highest BCUT2D eigenvalue weighted by Crippen LogP contribution is 2.30. The third-order valence-corrected chi connectivity index (χ3v) is 7.55. The molecule has 4 aromatic rings. The average molecular weight is 606 g/mol. The lowest BCUT2D eigenvalue weighted by molar-refractivity contribution is 0.0523. The van der Waals surface area contributed by atoms with Crippen LogP contribution in [0.2, 0.25) is 5.02 Å². The topological polar surface area (TPSA) is 97.9 Å². The number of amides is 2. The number of alkyl carbamates (subject to hydrolysis) is 1. The lowest BCUT2D eigenvalue weighted by atomic mass is 10.0. The fourth-order valence-corrected chi connectivity index (χ4v) is 5.30. The van der Waals surface area contributed by atoms with Crippen molar-refractivity contribution in [1.29, 1.82) is 0 Å². The molecule has 2 heterocycles. The summed E-state index contributed by atoms with van der Waals surface area (Å²) in [5.41, 5.74) is 3.22. The van der Waals surface area contributed by atoms with Gasteiger partial charge in [0.05, 0.1) is 28.8 Å². The molecule has 0 spiro atoms. The molecule has 0 aliphatic rings. The smallest absolute Gasteiger partial charge is 0.407 e. The van der Waals surface area contributed by atoms with Gasteiger partial charge in [0.15, 0.2) is 0 Å². The van der Waals surface area contributed by atoms with Gasteiger partial charge >= 0.3 is 11.8 Å². The van der Waals surface area contributed by atoms with Gasteiger partial charge in [-0.3, -0.25) is 9.36 Å². The van der Waals surface area contributed by atoms with Gasteiger partial charge in [-0.1, -0.05) is 66.6 Å². The molecule has 4 rings (SSSR count). The Labute approximate surface area is 257 Å². The summed E-state index contributed by atoms with van der Waals surface area (Å²) < 4.78 is 8.37. The minimum absolute atomic E-state index is 0.165. The average Bonchev–Trinajstić information content (AvgIpc) is 3.24. The van der Waals surface area contributed by atoms with Crippen LogP contribution in [-0.2, 0) is 11.3 Å². The predicted molar refractivity (Wildman–Crippen MR) is 169 cm³/mol. The Balaban J connectivity index is 1.77. The number of nitrogens with one attached hydrogen (secondary N) is 1. The number of aryl methyl sites for hydroxylation is 2. The molecule has 0 radical (unpaired) electrons. The van der Waals surface area contributed by atoms with Gasteiger partial charge in [0.25, 0.3) is 5.91 Å². The normalized spacial score (nSPS) is 12.3. The second-order valence-electron chi connectivity index (χ2n) is 11.7. The first-order valence-electron chi connectivity index (χ1n) is 14.6. The summed E-state index contributed by atoms with van der Waals surface area (Å²) in [7, 11) is 0. The summed E-state index contributed by atoms with van der Waals surface area (Å²) >= 11 is 6.62. The zero-order valence-electron chi connectivity index (χ0n) is 25.7. The molecule has 0 fully saturated rings. The minimum atomic E-state index is -0.612. The number of ether oxygens (including phenoxy) is 1. The number of hydrogen-bond donors (Lipinski definition) is 1. The molecule has 1 unspecified atom stereocenters. The minimum Gasteiger partial charge on any atom is -0.444 e. The van der Waals surface area contributed by atoms with Crippen LogP contribution in [-0.4, -0.2) is 49.8 Å². The highest BCUT2D eigenvalue weighted by Gasteiger charge is 2.29. The van der Waals surface area contributed by atoms with Gasteiger partial charge in [0.2, 0.25) is 0 Å². The number of halogens is 1. The molecule has 1 atom stereocenters. The summed E-state index contributed by atoms with van der Waals surface area (Å²) in [6.07, 6.45) is 0.501. The van der Waals surface area contributed by atoms with E-state index in [9.17, 15) is 14.4 Å². The van der Waals surface area contributed by atoms with Gasteiger partial charge in [0.1, 0.15) is 5.60 Å². The van der Waals surface area contributed by atoms with Crippen molar-refractivity contribution in [3.63, 3.8) is 0 Å². The van der Waals surface area contributed by atoms with Crippen molar-refractivity contribution in [2.75, 3.05) is 13.1 Å². The zero-order chi connectivity index (χ0) is 31.3. The van der Waals surface area contributed by atoms with Crippen LogP contribution in [0.4, 0.5) is 4.79 Å². The summed E-state index contributed by atoms with van der Waals surface area (Å²) in [4.78, 5) is 42.1. The molecular weight excluding hydrogens is 566 g/mol. The SMILES string of the molecule is CCC(c1cc2c(Cl)c(C)nn2c(=O)n1Cc1ccccc1)N(CCCNC(=O)OC(C)(C)C)C(=O)c1cccc(C)c1. The predicted octanol–water partition coefficient (Wildman–Crippen LogP) is 6.32. The third-order valence-electron chi connectivity index (χ3n) is 7.09. The van der Waals surface area contributed by atoms with Crippen LogP contribution in [0.25, 0.3) is 5.52 Å². The summed E-state index contributed by atoms with van der Waals surface area (Å²) in [5.74, 6) is -0.165. The number of nitrogens with zero attached hydrogens (tertiary/aromatic N) is 4. The first-order chi connectivity index (χ1) is 20.4. The van der Waals surface area contributed by atoms with E-state index in [1.165, 1.54) is 4.52 Å². The number of hydrogen-bond acceptors (Lipinski definition) is 5. The Hall–Kier alpha value is -4.11. The van der Waals surface area contributed by atoms with Crippen molar-refractivity contribution in [2.24, 2.45) is 0 Å². The molecule has 9 nitrogen and oxygen atoms in total. The van der Waals surface area contributed by atoms with Crippen molar-refractivity contribution in [3.05, 3.63) is 104 Å². The largest absolute Gasteiger partial charge is 0.444 e. The van der Waals surface area contributed by atoms with E-state index in [2.05, 4.69) is 10.4 Å². The molecule has 2 amide bonds. The van der Waals surface area contributed by atoms with Crippen molar-refractivity contribution < 1.29 is 14.3 Å². The third kappa shape index (κ3) is 7.65. The molecule has 0 bridgehead atoms. The van der Waals surface area contributed by atoms with Gasteiger partial charge in [0, 0.05) is 24.3 Å². The van der Waals surface area contributed by atoms with Crippen LogP contribution in [0.15, 0.2) is 65.5 Å². The summed E-state index contributed by atoms with van der Waals surface area (Å²) in [5, 5.41) is 7.58. The zero-order valence-corrected chi connectivity index (χ0v) is 26.4. The molecule has 0 saturated carbocycles. The second kappa shape index (κ2) is 13.5. The van der Waals surface area contributed by atoms with Crippen LogP contribution in [0.3, 0.4) is 0 Å². The van der Waals surface area contributed by atoms with Gasteiger partial charge in [-0.15, -0.1) is 0 Å². The number of aromatic nitrogens is 3. The maximum absolute atomic E-state index is 14.2.